The summed E-state index contributed by atoms with van der Waals surface area (Å²) in [6.45, 7) is 6.49. The second-order valence-electron chi connectivity index (χ2n) is 7.49. The summed E-state index contributed by atoms with van der Waals surface area (Å²) in [5, 5.41) is 15.7. The van der Waals surface area contributed by atoms with Crippen molar-refractivity contribution in [2.45, 2.75) is 97.1 Å². The highest BCUT2D eigenvalue weighted by molar-refractivity contribution is 14.0. The fourth-order valence-corrected chi connectivity index (χ4v) is 3.56. The number of hydrogen-bond donors (Lipinski definition) is 2. The van der Waals surface area contributed by atoms with Crippen molar-refractivity contribution < 1.29 is 0 Å². The summed E-state index contributed by atoms with van der Waals surface area (Å²) in [6, 6.07) is 0.463. The molecule has 0 fully saturated rings. The van der Waals surface area contributed by atoms with Crippen molar-refractivity contribution in [3.63, 3.8) is 0 Å². The fraction of sp³-hybridized carbons (Fsp3) is 0.850. The zero-order chi connectivity index (χ0) is 18.6. The first-order valence-corrected chi connectivity index (χ1v) is 10.6. The van der Waals surface area contributed by atoms with Crippen LogP contribution in [0.25, 0.3) is 0 Å². The Bertz CT molecular complexity index is 543. The third-order valence-electron chi connectivity index (χ3n) is 5.15. The molecule has 0 aromatic carbocycles. The average Bonchev–Trinajstić information content (AvgIpc) is 2.87. The fourth-order valence-electron chi connectivity index (χ4n) is 3.56. The van der Waals surface area contributed by atoms with Crippen LogP contribution in [0.2, 0.25) is 0 Å². The predicted octanol–water partition coefficient (Wildman–Crippen LogP) is 4.08. The van der Waals surface area contributed by atoms with E-state index < -0.39 is 0 Å². The standard InChI is InChI=1S/C20H38N6.HI/c1-4-5-6-8-12-17(2)23-20(21-3)22-15-11-14-19-25-24-18-13-9-7-10-16-26(18)19;/h17H,4-16H2,1-3H3,(H2,21,22,23);1H. The van der Waals surface area contributed by atoms with E-state index in [1.165, 1.54) is 57.2 Å². The van der Waals surface area contributed by atoms with Gasteiger partial charge in [-0.2, -0.15) is 0 Å². The quantitative estimate of drug-likeness (QED) is 0.225. The topological polar surface area (TPSA) is 67.1 Å². The van der Waals surface area contributed by atoms with Gasteiger partial charge in [0.25, 0.3) is 0 Å². The Balaban J connectivity index is 0.00000364. The molecule has 0 saturated carbocycles. The van der Waals surface area contributed by atoms with Gasteiger partial charge in [-0.3, -0.25) is 4.99 Å². The van der Waals surface area contributed by atoms with Crippen LogP contribution >= 0.6 is 24.0 Å². The number of nitrogens with one attached hydrogen (secondary N) is 2. The summed E-state index contributed by atoms with van der Waals surface area (Å²) in [6.07, 6.45) is 13.4. The Morgan fingerprint density at radius 3 is 2.78 bits per heavy atom. The molecule has 0 saturated heterocycles. The minimum absolute atomic E-state index is 0. The van der Waals surface area contributed by atoms with Crippen molar-refractivity contribution in [2.24, 2.45) is 4.99 Å². The van der Waals surface area contributed by atoms with Gasteiger partial charge in [0.15, 0.2) is 5.96 Å². The van der Waals surface area contributed by atoms with Crippen LogP contribution in [0.3, 0.4) is 0 Å². The Morgan fingerprint density at radius 2 is 2.00 bits per heavy atom. The number of aliphatic imine (C=N–C) groups is 1. The van der Waals surface area contributed by atoms with Crippen LogP contribution in [0.15, 0.2) is 4.99 Å². The molecule has 0 spiro atoms. The summed E-state index contributed by atoms with van der Waals surface area (Å²) in [7, 11) is 1.84. The first-order chi connectivity index (χ1) is 12.7. The van der Waals surface area contributed by atoms with E-state index in [0.717, 1.165) is 44.1 Å². The van der Waals surface area contributed by atoms with E-state index in [0.29, 0.717) is 6.04 Å². The molecule has 1 atom stereocenters. The number of aromatic nitrogens is 3. The van der Waals surface area contributed by atoms with Gasteiger partial charge in [0.05, 0.1) is 0 Å². The SMILES string of the molecule is CCCCCCC(C)NC(=NC)NCCCc1nnc2n1CCCCC2.I. The number of unbranched alkanes of at least 4 members (excludes halogenated alkanes) is 3. The minimum atomic E-state index is 0. The van der Waals surface area contributed by atoms with Crippen molar-refractivity contribution in [1.29, 1.82) is 0 Å². The Hall–Kier alpha value is -0.860. The number of halogens is 1. The van der Waals surface area contributed by atoms with Gasteiger partial charge in [-0.15, -0.1) is 34.2 Å². The van der Waals surface area contributed by atoms with Gasteiger partial charge >= 0.3 is 0 Å². The van der Waals surface area contributed by atoms with Crippen LogP contribution in [0.1, 0.15) is 83.3 Å². The second kappa shape index (κ2) is 14.2. The highest BCUT2D eigenvalue weighted by Gasteiger charge is 2.14. The van der Waals surface area contributed by atoms with Crippen LogP contribution in [0, 0.1) is 0 Å². The van der Waals surface area contributed by atoms with Crippen LogP contribution < -0.4 is 10.6 Å². The molecule has 1 aromatic heterocycles. The van der Waals surface area contributed by atoms with Gasteiger partial charge < -0.3 is 15.2 Å². The second-order valence-corrected chi connectivity index (χ2v) is 7.49. The van der Waals surface area contributed by atoms with Crippen LogP contribution in [-0.4, -0.2) is 40.4 Å². The van der Waals surface area contributed by atoms with Gasteiger partial charge in [0.1, 0.15) is 11.6 Å². The predicted molar refractivity (Wildman–Crippen MR) is 124 cm³/mol. The molecular formula is C20H39IN6. The van der Waals surface area contributed by atoms with E-state index in [2.05, 4.69) is 44.2 Å². The molecule has 1 unspecified atom stereocenters. The van der Waals surface area contributed by atoms with E-state index >= 15 is 0 Å². The normalized spacial score (nSPS) is 15.4. The molecule has 27 heavy (non-hydrogen) atoms. The molecule has 7 heteroatoms. The molecule has 6 nitrogen and oxygen atoms in total. The van der Waals surface area contributed by atoms with Crippen molar-refractivity contribution in [1.82, 2.24) is 25.4 Å². The third-order valence-corrected chi connectivity index (χ3v) is 5.15. The molecule has 1 aromatic rings. The molecule has 1 aliphatic rings. The lowest BCUT2D eigenvalue weighted by molar-refractivity contribution is 0.535. The van der Waals surface area contributed by atoms with E-state index in [1.807, 2.05) is 7.05 Å². The maximum atomic E-state index is 4.41. The summed E-state index contributed by atoms with van der Waals surface area (Å²) in [5.74, 6) is 3.24. The van der Waals surface area contributed by atoms with E-state index in [1.54, 1.807) is 0 Å². The van der Waals surface area contributed by atoms with Crippen LogP contribution in [0.4, 0.5) is 0 Å². The number of guanidine groups is 1. The van der Waals surface area contributed by atoms with Gasteiger partial charge in [-0.1, -0.05) is 39.0 Å². The third kappa shape index (κ3) is 8.79. The molecular weight excluding hydrogens is 451 g/mol. The lowest BCUT2D eigenvalue weighted by Gasteiger charge is -2.18. The summed E-state index contributed by atoms with van der Waals surface area (Å²) in [5.41, 5.74) is 0. The summed E-state index contributed by atoms with van der Waals surface area (Å²) in [4.78, 5) is 4.35. The van der Waals surface area contributed by atoms with E-state index in [-0.39, 0.29) is 24.0 Å². The summed E-state index contributed by atoms with van der Waals surface area (Å²) < 4.78 is 2.35. The highest BCUT2D eigenvalue weighted by atomic mass is 127. The van der Waals surface area contributed by atoms with Crippen LogP contribution in [0.5, 0.6) is 0 Å². The number of hydrogen-bond acceptors (Lipinski definition) is 3. The monoisotopic (exact) mass is 490 g/mol. The molecule has 2 heterocycles. The van der Waals surface area contributed by atoms with E-state index in [9.17, 15) is 0 Å². The number of fused-ring (bicyclic) bond motifs is 1. The van der Waals surface area contributed by atoms with Gasteiger partial charge in [0.2, 0.25) is 0 Å². The minimum Gasteiger partial charge on any atom is -0.356 e. The zero-order valence-electron chi connectivity index (χ0n) is 17.5. The van der Waals surface area contributed by atoms with Gasteiger partial charge in [0, 0.05) is 39.0 Å². The maximum absolute atomic E-state index is 4.41. The Morgan fingerprint density at radius 1 is 1.15 bits per heavy atom. The van der Waals surface area contributed by atoms with Gasteiger partial charge in [-0.25, -0.2) is 0 Å². The van der Waals surface area contributed by atoms with Crippen molar-refractivity contribution in [3.05, 3.63) is 11.6 Å². The lowest BCUT2D eigenvalue weighted by Crippen LogP contribution is -2.42. The first kappa shape index (κ1) is 24.2. The van der Waals surface area contributed by atoms with E-state index in [4.69, 9.17) is 0 Å². The molecule has 1 aliphatic heterocycles. The molecule has 2 rings (SSSR count). The molecule has 0 bridgehead atoms. The lowest BCUT2D eigenvalue weighted by atomic mass is 10.1. The van der Waals surface area contributed by atoms with Crippen molar-refractivity contribution >= 4 is 29.9 Å². The first-order valence-electron chi connectivity index (χ1n) is 10.6. The maximum Gasteiger partial charge on any atom is 0.191 e. The molecule has 0 aliphatic carbocycles. The van der Waals surface area contributed by atoms with Crippen molar-refractivity contribution in [3.8, 4) is 0 Å². The number of rotatable bonds is 10. The Labute approximate surface area is 182 Å². The largest absolute Gasteiger partial charge is 0.356 e. The average molecular weight is 490 g/mol. The smallest absolute Gasteiger partial charge is 0.191 e. The molecule has 156 valence electrons. The Kier molecular flexibility index (Phi) is 12.7. The summed E-state index contributed by atoms with van der Waals surface area (Å²) >= 11 is 0. The molecule has 2 N–H and O–H groups in total. The number of nitrogens with zero attached hydrogens (tertiary/aromatic N) is 4. The highest BCUT2D eigenvalue weighted by Crippen LogP contribution is 2.15. The molecule has 0 radical (unpaired) electrons. The van der Waals surface area contributed by atoms with Gasteiger partial charge in [-0.05, 0) is 32.6 Å². The number of aryl methyl sites for hydroxylation is 2. The zero-order valence-corrected chi connectivity index (χ0v) is 19.8. The van der Waals surface area contributed by atoms with Crippen molar-refractivity contribution in [2.75, 3.05) is 13.6 Å². The van der Waals surface area contributed by atoms with Crippen LogP contribution in [-0.2, 0) is 19.4 Å². The molecule has 0 amide bonds.